The maximum atomic E-state index is 10.6. The van der Waals surface area contributed by atoms with Gasteiger partial charge in [-0.1, -0.05) is 0 Å². The molecule has 0 spiro atoms. The van der Waals surface area contributed by atoms with Crippen LogP contribution in [0.15, 0.2) is 0 Å². The largest absolute Gasteiger partial charge is 0.481 e. The van der Waals surface area contributed by atoms with E-state index >= 15 is 0 Å². The summed E-state index contributed by atoms with van der Waals surface area (Å²) in [6.45, 7) is 0. The molecule has 0 fully saturated rings. The summed E-state index contributed by atoms with van der Waals surface area (Å²) in [7, 11) is -3.30. The van der Waals surface area contributed by atoms with Gasteiger partial charge in [0.15, 0.2) is 9.84 Å². The Bertz CT molecular complexity index is 233. The minimum Gasteiger partial charge on any atom is -0.481 e. The van der Waals surface area contributed by atoms with Crippen LogP contribution in [0.1, 0.15) is 12.8 Å². The standard InChI is InChI=1S/C5H9ClO4S/c1-11(9,10)4(6)2-3-5(7)8/h4H,2-3H2,1H3,(H,7,8). The second-order valence-electron chi connectivity index (χ2n) is 2.17. The van der Waals surface area contributed by atoms with Crippen LogP contribution < -0.4 is 0 Å². The van der Waals surface area contributed by atoms with Crippen molar-refractivity contribution in [2.45, 2.75) is 17.6 Å². The van der Waals surface area contributed by atoms with E-state index in [0.29, 0.717) is 0 Å². The molecule has 0 aliphatic rings. The van der Waals surface area contributed by atoms with Gasteiger partial charge in [0.2, 0.25) is 0 Å². The zero-order valence-corrected chi connectivity index (χ0v) is 7.52. The lowest BCUT2D eigenvalue weighted by Gasteiger charge is -2.03. The second kappa shape index (κ2) is 3.92. The van der Waals surface area contributed by atoms with E-state index in [1.807, 2.05) is 0 Å². The highest BCUT2D eigenvalue weighted by molar-refractivity contribution is 7.92. The third kappa shape index (κ3) is 5.03. The van der Waals surface area contributed by atoms with Crippen molar-refractivity contribution < 1.29 is 18.3 Å². The molecule has 0 amide bonds. The number of hydrogen-bond donors (Lipinski definition) is 1. The molecular weight excluding hydrogens is 192 g/mol. The Kier molecular flexibility index (Phi) is 3.82. The molecule has 0 aromatic heterocycles. The summed E-state index contributed by atoms with van der Waals surface area (Å²) in [5.41, 5.74) is 0. The lowest BCUT2D eigenvalue weighted by Crippen LogP contribution is -2.14. The fourth-order valence-electron chi connectivity index (χ4n) is 0.451. The summed E-state index contributed by atoms with van der Waals surface area (Å²) < 4.78 is 20.2. The Morgan fingerprint density at radius 2 is 2.09 bits per heavy atom. The second-order valence-corrected chi connectivity index (χ2v) is 5.19. The van der Waals surface area contributed by atoms with Crippen molar-refractivity contribution in [2.24, 2.45) is 0 Å². The number of carboxylic acids is 1. The number of halogens is 1. The van der Waals surface area contributed by atoms with Crippen LogP contribution in [-0.4, -0.2) is 30.5 Å². The number of carboxylic acid groups (broad SMARTS) is 1. The molecule has 0 radical (unpaired) electrons. The summed E-state index contributed by atoms with van der Waals surface area (Å²) in [4.78, 5) is 9.98. The summed E-state index contributed by atoms with van der Waals surface area (Å²) in [5.74, 6) is -1.04. The SMILES string of the molecule is CS(=O)(=O)C(Cl)CCC(=O)O. The van der Waals surface area contributed by atoms with Gasteiger partial charge >= 0.3 is 5.97 Å². The molecule has 0 saturated heterocycles. The predicted molar refractivity (Wildman–Crippen MR) is 41.4 cm³/mol. The Morgan fingerprint density at radius 3 is 2.36 bits per heavy atom. The topological polar surface area (TPSA) is 71.4 Å². The number of carbonyl (C=O) groups is 1. The highest BCUT2D eigenvalue weighted by atomic mass is 35.5. The van der Waals surface area contributed by atoms with Crippen LogP contribution in [0.4, 0.5) is 0 Å². The van der Waals surface area contributed by atoms with Crippen molar-refractivity contribution >= 4 is 27.4 Å². The van der Waals surface area contributed by atoms with Crippen LogP contribution in [0.3, 0.4) is 0 Å². The van der Waals surface area contributed by atoms with E-state index in [9.17, 15) is 13.2 Å². The van der Waals surface area contributed by atoms with Gasteiger partial charge in [0, 0.05) is 12.7 Å². The van der Waals surface area contributed by atoms with Crippen LogP contribution in [0.5, 0.6) is 0 Å². The normalized spacial score (nSPS) is 14.4. The molecule has 1 unspecified atom stereocenters. The van der Waals surface area contributed by atoms with Gasteiger partial charge in [0.05, 0.1) is 0 Å². The summed E-state index contributed by atoms with van der Waals surface area (Å²) in [6, 6.07) is 0. The van der Waals surface area contributed by atoms with Gasteiger partial charge in [-0.05, 0) is 6.42 Å². The van der Waals surface area contributed by atoms with Crippen molar-refractivity contribution in [1.82, 2.24) is 0 Å². The van der Waals surface area contributed by atoms with Crippen molar-refractivity contribution in [2.75, 3.05) is 6.26 Å². The van der Waals surface area contributed by atoms with Gasteiger partial charge in [-0.25, -0.2) is 8.42 Å². The Hall–Kier alpha value is -0.290. The molecule has 0 aliphatic carbocycles. The fraction of sp³-hybridized carbons (Fsp3) is 0.800. The van der Waals surface area contributed by atoms with Gasteiger partial charge < -0.3 is 5.11 Å². The quantitative estimate of drug-likeness (QED) is 0.670. The van der Waals surface area contributed by atoms with Crippen molar-refractivity contribution in [1.29, 1.82) is 0 Å². The van der Waals surface area contributed by atoms with E-state index in [2.05, 4.69) is 0 Å². The lowest BCUT2D eigenvalue weighted by molar-refractivity contribution is -0.137. The minimum atomic E-state index is -3.30. The molecule has 0 aromatic rings. The van der Waals surface area contributed by atoms with E-state index in [4.69, 9.17) is 16.7 Å². The highest BCUT2D eigenvalue weighted by Gasteiger charge is 2.17. The monoisotopic (exact) mass is 200 g/mol. The zero-order valence-electron chi connectivity index (χ0n) is 5.95. The molecular formula is C5H9ClO4S. The molecule has 11 heavy (non-hydrogen) atoms. The third-order valence-electron chi connectivity index (χ3n) is 1.05. The first-order chi connectivity index (χ1) is 4.84. The Labute approximate surface area is 70.1 Å². The molecule has 0 saturated carbocycles. The number of rotatable bonds is 4. The van der Waals surface area contributed by atoms with Crippen LogP contribution in [-0.2, 0) is 14.6 Å². The van der Waals surface area contributed by atoms with Crippen molar-refractivity contribution in [3.8, 4) is 0 Å². The molecule has 6 heteroatoms. The summed E-state index contributed by atoms with van der Waals surface area (Å²) in [6.07, 6.45) is 0.712. The molecule has 0 heterocycles. The molecule has 1 atom stereocenters. The minimum absolute atomic E-state index is 0.0459. The van der Waals surface area contributed by atoms with E-state index < -0.39 is 20.5 Å². The number of sulfone groups is 1. The van der Waals surface area contributed by atoms with Crippen molar-refractivity contribution in [3.63, 3.8) is 0 Å². The van der Waals surface area contributed by atoms with E-state index in [-0.39, 0.29) is 12.8 Å². The van der Waals surface area contributed by atoms with Crippen LogP contribution in [0.25, 0.3) is 0 Å². The molecule has 4 nitrogen and oxygen atoms in total. The van der Waals surface area contributed by atoms with E-state index in [1.165, 1.54) is 0 Å². The summed E-state index contributed by atoms with van der Waals surface area (Å²) >= 11 is 5.35. The number of aliphatic carboxylic acids is 1. The molecule has 0 bridgehead atoms. The fourth-order valence-corrected chi connectivity index (χ4v) is 1.11. The maximum absolute atomic E-state index is 10.6. The van der Waals surface area contributed by atoms with Crippen LogP contribution >= 0.6 is 11.6 Å². The van der Waals surface area contributed by atoms with Crippen molar-refractivity contribution in [3.05, 3.63) is 0 Å². The average Bonchev–Trinajstić information content (AvgIpc) is 1.80. The van der Waals surface area contributed by atoms with E-state index in [0.717, 1.165) is 6.26 Å². The Balaban J connectivity index is 3.90. The highest BCUT2D eigenvalue weighted by Crippen LogP contribution is 2.11. The molecule has 0 rings (SSSR count). The van der Waals surface area contributed by atoms with Gasteiger partial charge in [-0.2, -0.15) is 0 Å². The first kappa shape index (κ1) is 10.7. The third-order valence-corrected chi connectivity index (χ3v) is 3.40. The van der Waals surface area contributed by atoms with Gasteiger partial charge in [-0.3, -0.25) is 4.79 Å². The molecule has 66 valence electrons. The molecule has 1 N–H and O–H groups in total. The van der Waals surface area contributed by atoms with Gasteiger partial charge in [0.1, 0.15) is 4.71 Å². The lowest BCUT2D eigenvalue weighted by atomic mass is 10.3. The number of hydrogen-bond acceptors (Lipinski definition) is 3. The zero-order chi connectivity index (χ0) is 9.07. The molecule has 0 aromatic carbocycles. The van der Waals surface area contributed by atoms with Gasteiger partial charge in [-0.15, -0.1) is 11.6 Å². The van der Waals surface area contributed by atoms with Crippen LogP contribution in [0.2, 0.25) is 0 Å². The first-order valence-corrected chi connectivity index (χ1v) is 5.28. The average molecular weight is 201 g/mol. The predicted octanol–water partition coefficient (Wildman–Crippen LogP) is 0.461. The Morgan fingerprint density at radius 1 is 1.64 bits per heavy atom. The smallest absolute Gasteiger partial charge is 0.303 e. The van der Waals surface area contributed by atoms with E-state index in [1.54, 1.807) is 0 Å². The number of alkyl halides is 1. The van der Waals surface area contributed by atoms with Gasteiger partial charge in [0.25, 0.3) is 0 Å². The van der Waals surface area contributed by atoms with Crippen LogP contribution in [0, 0.1) is 0 Å². The summed E-state index contributed by atoms with van der Waals surface area (Å²) in [5, 5.41) is 8.17. The first-order valence-electron chi connectivity index (χ1n) is 2.89. The molecule has 0 aliphatic heterocycles. The maximum Gasteiger partial charge on any atom is 0.303 e.